The quantitative estimate of drug-likeness (QED) is 0.719. The summed E-state index contributed by atoms with van der Waals surface area (Å²) in [7, 11) is 1.68. The molecule has 0 spiro atoms. The zero-order valence-corrected chi connectivity index (χ0v) is 16.1. The summed E-state index contributed by atoms with van der Waals surface area (Å²) in [5.74, 6) is -0.361. The van der Waals surface area contributed by atoms with Crippen LogP contribution in [0.15, 0.2) is 47.1 Å². The number of benzene rings is 1. The monoisotopic (exact) mass is 422 g/mol. The van der Waals surface area contributed by atoms with Gasteiger partial charge in [-0.25, -0.2) is 9.37 Å². The highest BCUT2D eigenvalue weighted by Crippen LogP contribution is 2.13. The van der Waals surface area contributed by atoms with Crippen LogP contribution in [0.5, 0.6) is 0 Å². The van der Waals surface area contributed by atoms with Crippen molar-refractivity contribution < 1.29 is 14.0 Å². The first kappa shape index (κ1) is 20.0. The minimum Gasteiger partial charge on any atom is -0.348 e. The molecule has 26 heavy (non-hydrogen) atoms. The Morgan fingerprint density at radius 1 is 1.15 bits per heavy atom. The largest absolute Gasteiger partial charge is 0.348 e. The Labute approximate surface area is 159 Å². The molecule has 1 aromatic carbocycles. The number of rotatable bonds is 7. The van der Waals surface area contributed by atoms with Crippen LogP contribution in [0.2, 0.25) is 0 Å². The molecule has 0 bridgehead atoms. The highest BCUT2D eigenvalue weighted by atomic mass is 79.9. The van der Waals surface area contributed by atoms with Crippen LogP contribution in [0.1, 0.15) is 18.5 Å². The number of aromatic nitrogens is 1. The Bertz CT molecular complexity index is 753. The van der Waals surface area contributed by atoms with E-state index < -0.39 is 0 Å². The van der Waals surface area contributed by atoms with Gasteiger partial charge in [0.2, 0.25) is 11.8 Å². The Balaban J connectivity index is 1.78. The summed E-state index contributed by atoms with van der Waals surface area (Å²) >= 11 is 3.27. The molecular formula is C18H20BrFN4O2. The lowest BCUT2D eigenvalue weighted by atomic mass is 10.1. The van der Waals surface area contributed by atoms with E-state index in [0.717, 1.165) is 10.0 Å². The van der Waals surface area contributed by atoms with E-state index in [4.69, 9.17) is 0 Å². The number of nitrogens with one attached hydrogen (secondary N) is 2. The number of halogens is 2. The van der Waals surface area contributed by atoms with Crippen LogP contribution in [-0.2, 0) is 9.59 Å². The molecule has 0 fully saturated rings. The van der Waals surface area contributed by atoms with E-state index >= 15 is 0 Å². The number of hydrogen-bond donors (Lipinski definition) is 2. The second-order valence-corrected chi connectivity index (χ2v) is 6.84. The second kappa shape index (κ2) is 9.40. The van der Waals surface area contributed by atoms with E-state index in [9.17, 15) is 14.0 Å². The van der Waals surface area contributed by atoms with Gasteiger partial charge in [0.1, 0.15) is 11.6 Å². The molecule has 0 aliphatic heterocycles. The van der Waals surface area contributed by atoms with Crippen LogP contribution in [0.3, 0.4) is 0 Å². The number of carbonyl (C=O) groups is 2. The minimum atomic E-state index is -0.321. The molecule has 1 unspecified atom stereocenters. The van der Waals surface area contributed by atoms with E-state index in [1.165, 1.54) is 12.1 Å². The molecule has 0 aliphatic carbocycles. The molecule has 2 N–H and O–H groups in total. The van der Waals surface area contributed by atoms with Gasteiger partial charge in [-0.3, -0.25) is 14.5 Å². The van der Waals surface area contributed by atoms with Gasteiger partial charge in [0.05, 0.1) is 19.1 Å². The maximum atomic E-state index is 12.9. The molecule has 6 nitrogen and oxygen atoms in total. The first-order valence-corrected chi connectivity index (χ1v) is 8.77. The van der Waals surface area contributed by atoms with E-state index in [-0.39, 0.29) is 36.8 Å². The van der Waals surface area contributed by atoms with Crippen molar-refractivity contribution in [2.75, 3.05) is 25.5 Å². The van der Waals surface area contributed by atoms with Gasteiger partial charge in [0, 0.05) is 10.7 Å². The SMILES string of the molecule is CC(NC(=O)CN(C)CC(=O)Nc1ccc(Br)cn1)c1ccc(F)cc1. The smallest absolute Gasteiger partial charge is 0.239 e. The fraction of sp³-hybridized carbons (Fsp3) is 0.278. The van der Waals surface area contributed by atoms with Crippen molar-refractivity contribution in [1.29, 1.82) is 0 Å². The van der Waals surface area contributed by atoms with E-state index in [1.807, 2.05) is 6.92 Å². The fourth-order valence-corrected chi connectivity index (χ4v) is 2.53. The Kier molecular flexibility index (Phi) is 7.23. The van der Waals surface area contributed by atoms with Crippen LogP contribution >= 0.6 is 15.9 Å². The summed E-state index contributed by atoms with van der Waals surface area (Å²) in [4.78, 5) is 29.8. The van der Waals surface area contributed by atoms with Crippen LogP contribution in [-0.4, -0.2) is 41.8 Å². The molecule has 0 saturated carbocycles. The predicted octanol–water partition coefficient (Wildman–Crippen LogP) is 2.73. The van der Waals surface area contributed by atoms with Crippen molar-refractivity contribution in [3.63, 3.8) is 0 Å². The summed E-state index contributed by atoms with van der Waals surface area (Å²) < 4.78 is 13.8. The van der Waals surface area contributed by atoms with Crippen molar-refractivity contribution in [3.8, 4) is 0 Å². The predicted molar refractivity (Wildman–Crippen MR) is 101 cm³/mol. The second-order valence-electron chi connectivity index (χ2n) is 5.92. The standard InChI is InChI=1S/C18H20BrFN4O2/c1-12(13-3-6-15(20)7-4-13)22-17(25)10-24(2)11-18(26)23-16-8-5-14(19)9-21-16/h3-9,12H,10-11H2,1-2H3,(H,22,25)(H,21,23,26). The average molecular weight is 423 g/mol. The van der Waals surface area contributed by atoms with E-state index in [0.29, 0.717) is 5.82 Å². The number of pyridine rings is 1. The highest BCUT2D eigenvalue weighted by molar-refractivity contribution is 9.10. The van der Waals surface area contributed by atoms with E-state index in [1.54, 1.807) is 42.4 Å². The Morgan fingerprint density at radius 2 is 1.81 bits per heavy atom. The van der Waals surface area contributed by atoms with Gasteiger partial charge in [0.15, 0.2) is 0 Å². The molecule has 1 aromatic heterocycles. The van der Waals surface area contributed by atoms with Crippen molar-refractivity contribution >= 4 is 33.6 Å². The fourth-order valence-electron chi connectivity index (χ4n) is 2.30. The lowest BCUT2D eigenvalue weighted by Gasteiger charge is -2.19. The average Bonchev–Trinajstić information content (AvgIpc) is 2.57. The van der Waals surface area contributed by atoms with Gasteiger partial charge in [0.25, 0.3) is 0 Å². The summed E-state index contributed by atoms with van der Waals surface area (Å²) in [6, 6.07) is 9.16. The number of carbonyl (C=O) groups excluding carboxylic acids is 2. The third-order valence-corrected chi connectivity index (χ3v) is 4.04. The number of hydrogen-bond acceptors (Lipinski definition) is 4. The van der Waals surface area contributed by atoms with Gasteiger partial charge in [-0.15, -0.1) is 0 Å². The number of nitrogens with zero attached hydrogens (tertiary/aromatic N) is 2. The van der Waals surface area contributed by atoms with Crippen molar-refractivity contribution in [1.82, 2.24) is 15.2 Å². The third-order valence-electron chi connectivity index (χ3n) is 3.57. The zero-order valence-electron chi connectivity index (χ0n) is 14.5. The van der Waals surface area contributed by atoms with Gasteiger partial charge in [-0.1, -0.05) is 12.1 Å². The van der Waals surface area contributed by atoms with Crippen molar-refractivity contribution in [2.45, 2.75) is 13.0 Å². The minimum absolute atomic E-state index is 0.0517. The summed E-state index contributed by atoms with van der Waals surface area (Å²) in [6.07, 6.45) is 1.59. The molecule has 0 saturated heterocycles. The molecular weight excluding hydrogens is 403 g/mol. The van der Waals surface area contributed by atoms with Crippen LogP contribution in [0, 0.1) is 5.82 Å². The van der Waals surface area contributed by atoms with Crippen molar-refractivity contribution in [3.05, 3.63) is 58.4 Å². The number of amides is 2. The van der Waals surface area contributed by atoms with Crippen molar-refractivity contribution in [2.24, 2.45) is 0 Å². The first-order chi connectivity index (χ1) is 12.3. The topological polar surface area (TPSA) is 74.3 Å². The van der Waals surface area contributed by atoms with Crippen LogP contribution < -0.4 is 10.6 Å². The Morgan fingerprint density at radius 3 is 2.42 bits per heavy atom. The van der Waals surface area contributed by atoms with Gasteiger partial charge in [-0.05, 0) is 59.7 Å². The van der Waals surface area contributed by atoms with Crippen LogP contribution in [0.4, 0.5) is 10.2 Å². The molecule has 1 atom stereocenters. The normalized spacial score (nSPS) is 11.9. The van der Waals surface area contributed by atoms with Gasteiger partial charge in [-0.2, -0.15) is 0 Å². The number of likely N-dealkylation sites (N-methyl/N-ethyl adjacent to an activating group) is 1. The van der Waals surface area contributed by atoms with Gasteiger partial charge >= 0.3 is 0 Å². The molecule has 2 aromatic rings. The summed E-state index contributed by atoms with van der Waals surface area (Å²) in [6.45, 7) is 1.93. The molecule has 2 rings (SSSR count). The molecule has 8 heteroatoms. The molecule has 1 heterocycles. The zero-order chi connectivity index (χ0) is 19.1. The first-order valence-electron chi connectivity index (χ1n) is 7.98. The molecule has 0 radical (unpaired) electrons. The van der Waals surface area contributed by atoms with E-state index in [2.05, 4.69) is 31.5 Å². The number of anilines is 1. The Hall–Kier alpha value is -2.32. The maximum Gasteiger partial charge on any atom is 0.239 e. The maximum absolute atomic E-state index is 12.9. The lowest BCUT2D eigenvalue weighted by Crippen LogP contribution is -2.39. The highest BCUT2D eigenvalue weighted by Gasteiger charge is 2.14. The van der Waals surface area contributed by atoms with Gasteiger partial charge < -0.3 is 10.6 Å². The van der Waals surface area contributed by atoms with Crippen LogP contribution in [0.25, 0.3) is 0 Å². The summed E-state index contributed by atoms with van der Waals surface area (Å²) in [5.41, 5.74) is 0.807. The third kappa shape index (κ3) is 6.53. The molecule has 138 valence electrons. The lowest BCUT2D eigenvalue weighted by molar-refractivity contribution is -0.123. The molecule has 2 amide bonds. The molecule has 0 aliphatic rings. The summed E-state index contributed by atoms with van der Waals surface area (Å²) in [5, 5.41) is 5.49.